The lowest BCUT2D eigenvalue weighted by atomic mass is 9.94. The third-order valence-electron chi connectivity index (χ3n) is 4.90. The van der Waals surface area contributed by atoms with Gasteiger partial charge in [0.05, 0.1) is 13.2 Å². The van der Waals surface area contributed by atoms with Crippen molar-refractivity contribution in [1.82, 2.24) is 4.90 Å². The molecular formula is C24H29NO5. The molecule has 0 bridgehead atoms. The van der Waals surface area contributed by atoms with Crippen LogP contribution >= 0.6 is 0 Å². The maximum absolute atomic E-state index is 12.8. The number of rotatable bonds is 9. The zero-order chi connectivity index (χ0) is 21.7. The van der Waals surface area contributed by atoms with Crippen LogP contribution in [0.4, 0.5) is 0 Å². The molecule has 0 spiro atoms. The summed E-state index contributed by atoms with van der Waals surface area (Å²) in [6.45, 7) is 6.61. The summed E-state index contributed by atoms with van der Waals surface area (Å²) >= 11 is 0. The third kappa shape index (κ3) is 5.25. The van der Waals surface area contributed by atoms with Crippen LogP contribution in [0.25, 0.3) is 10.8 Å². The van der Waals surface area contributed by atoms with Crippen LogP contribution < -0.4 is 0 Å². The second kappa shape index (κ2) is 9.39. The summed E-state index contributed by atoms with van der Waals surface area (Å²) in [5.74, 6) is -0.726. The average Bonchev–Trinajstić information content (AvgIpc) is 2.68. The van der Waals surface area contributed by atoms with E-state index in [1.807, 2.05) is 45.0 Å². The second-order valence-corrected chi connectivity index (χ2v) is 8.48. The summed E-state index contributed by atoms with van der Waals surface area (Å²) in [6, 6.07) is 11.0. The van der Waals surface area contributed by atoms with Crippen LogP contribution in [0.3, 0.4) is 0 Å². The van der Waals surface area contributed by atoms with Crippen molar-refractivity contribution in [2.75, 3.05) is 19.8 Å². The summed E-state index contributed by atoms with van der Waals surface area (Å²) in [5, 5.41) is 1.63. The largest absolute Gasteiger partial charge is 0.460 e. The predicted octanol–water partition coefficient (Wildman–Crippen LogP) is 4.35. The van der Waals surface area contributed by atoms with Gasteiger partial charge < -0.3 is 9.47 Å². The fraction of sp³-hybridized carbons (Fsp3) is 0.458. The SMILES string of the molecule is CC(C)(C)OC(=O)CCCCCOCCN1C(=O)c2cccc3cccc(c23)C1=O. The molecule has 0 radical (unpaired) electrons. The van der Waals surface area contributed by atoms with Crippen LogP contribution in [0.2, 0.25) is 0 Å². The van der Waals surface area contributed by atoms with Crippen molar-refractivity contribution >= 4 is 28.6 Å². The molecule has 0 aromatic heterocycles. The van der Waals surface area contributed by atoms with Crippen molar-refractivity contribution in [3.8, 4) is 0 Å². The van der Waals surface area contributed by atoms with E-state index in [1.54, 1.807) is 12.1 Å². The normalized spacial score (nSPS) is 13.8. The van der Waals surface area contributed by atoms with E-state index in [9.17, 15) is 14.4 Å². The first-order valence-corrected chi connectivity index (χ1v) is 10.5. The summed E-state index contributed by atoms with van der Waals surface area (Å²) < 4.78 is 10.9. The molecule has 0 fully saturated rings. The molecule has 0 aliphatic carbocycles. The fourth-order valence-corrected chi connectivity index (χ4v) is 3.58. The van der Waals surface area contributed by atoms with Crippen molar-refractivity contribution in [3.05, 3.63) is 47.5 Å². The molecule has 1 aliphatic heterocycles. The number of carbonyl (C=O) groups excluding carboxylic acids is 3. The lowest BCUT2D eigenvalue weighted by Gasteiger charge is -2.27. The highest BCUT2D eigenvalue weighted by atomic mass is 16.6. The maximum atomic E-state index is 12.8. The molecule has 2 aromatic carbocycles. The van der Waals surface area contributed by atoms with Crippen molar-refractivity contribution < 1.29 is 23.9 Å². The number of hydrogen-bond acceptors (Lipinski definition) is 5. The lowest BCUT2D eigenvalue weighted by molar-refractivity contribution is -0.154. The molecule has 6 heteroatoms. The number of benzene rings is 2. The van der Waals surface area contributed by atoms with E-state index < -0.39 is 5.60 Å². The fourth-order valence-electron chi connectivity index (χ4n) is 3.58. The number of carbonyl (C=O) groups is 3. The number of unbranched alkanes of at least 4 members (excludes halogenated alkanes) is 2. The first-order chi connectivity index (χ1) is 14.3. The van der Waals surface area contributed by atoms with Gasteiger partial charge in [-0.3, -0.25) is 19.3 Å². The molecule has 6 nitrogen and oxygen atoms in total. The topological polar surface area (TPSA) is 72.9 Å². The lowest BCUT2D eigenvalue weighted by Crippen LogP contribution is -2.42. The second-order valence-electron chi connectivity index (χ2n) is 8.48. The van der Waals surface area contributed by atoms with Gasteiger partial charge in [0.2, 0.25) is 0 Å². The van der Waals surface area contributed by atoms with Gasteiger partial charge in [0, 0.05) is 29.5 Å². The van der Waals surface area contributed by atoms with Crippen LogP contribution in [-0.2, 0) is 14.3 Å². The van der Waals surface area contributed by atoms with Gasteiger partial charge in [-0.2, -0.15) is 0 Å². The predicted molar refractivity (Wildman–Crippen MR) is 114 cm³/mol. The molecule has 2 aromatic rings. The molecule has 160 valence electrons. The van der Waals surface area contributed by atoms with Crippen LogP contribution in [0.15, 0.2) is 36.4 Å². The Morgan fingerprint density at radius 2 is 1.53 bits per heavy atom. The first-order valence-electron chi connectivity index (χ1n) is 10.5. The zero-order valence-electron chi connectivity index (χ0n) is 17.9. The van der Waals surface area contributed by atoms with Crippen molar-refractivity contribution in [2.45, 2.75) is 52.1 Å². The molecule has 1 heterocycles. The van der Waals surface area contributed by atoms with E-state index in [4.69, 9.17) is 9.47 Å². The molecule has 0 saturated heterocycles. The van der Waals surface area contributed by atoms with Crippen LogP contribution in [0, 0.1) is 0 Å². The highest BCUT2D eigenvalue weighted by Gasteiger charge is 2.32. The molecule has 1 aliphatic rings. The average molecular weight is 411 g/mol. The Morgan fingerprint density at radius 3 is 2.13 bits per heavy atom. The Bertz CT molecular complexity index is 894. The van der Waals surface area contributed by atoms with Crippen molar-refractivity contribution in [1.29, 1.82) is 0 Å². The van der Waals surface area contributed by atoms with Crippen LogP contribution in [0.1, 0.15) is 67.2 Å². The Hall–Kier alpha value is -2.73. The number of hydrogen-bond donors (Lipinski definition) is 0. The monoisotopic (exact) mass is 411 g/mol. The minimum Gasteiger partial charge on any atom is -0.460 e. The molecule has 3 rings (SSSR count). The number of imide groups is 1. The molecule has 0 saturated carbocycles. The highest BCUT2D eigenvalue weighted by molar-refractivity contribution is 6.25. The Labute approximate surface area is 177 Å². The Morgan fingerprint density at radius 1 is 0.900 bits per heavy atom. The van der Waals surface area contributed by atoms with Gasteiger partial charge in [0.1, 0.15) is 5.60 Å². The van der Waals surface area contributed by atoms with Crippen LogP contribution in [-0.4, -0.2) is 48.0 Å². The molecule has 0 unspecified atom stereocenters. The number of esters is 1. The summed E-state index contributed by atoms with van der Waals surface area (Å²) in [7, 11) is 0. The van der Waals surface area contributed by atoms with E-state index >= 15 is 0 Å². The van der Waals surface area contributed by atoms with E-state index in [1.165, 1.54) is 4.90 Å². The minimum atomic E-state index is -0.449. The third-order valence-corrected chi connectivity index (χ3v) is 4.90. The number of amides is 2. The smallest absolute Gasteiger partial charge is 0.306 e. The van der Waals surface area contributed by atoms with Crippen molar-refractivity contribution in [2.24, 2.45) is 0 Å². The molecule has 0 atom stereocenters. The number of nitrogens with zero attached hydrogens (tertiary/aromatic N) is 1. The van der Waals surface area contributed by atoms with E-state index in [-0.39, 0.29) is 24.3 Å². The highest BCUT2D eigenvalue weighted by Crippen LogP contribution is 2.29. The minimum absolute atomic E-state index is 0.180. The first kappa shape index (κ1) is 22.0. The zero-order valence-corrected chi connectivity index (χ0v) is 17.9. The Kier molecular flexibility index (Phi) is 6.87. The molecule has 30 heavy (non-hydrogen) atoms. The molecular weight excluding hydrogens is 382 g/mol. The molecule has 2 amide bonds. The maximum Gasteiger partial charge on any atom is 0.306 e. The van der Waals surface area contributed by atoms with Gasteiger partial charge >= 0.3 is 5.97 Å². The van der Waals surface area contributed by atoms with Gasteiger partial charge in [-0.05, 0) is 51.1 Å². The van der Waals surface area contributed by atoms with Crippen molar-refractivity contribution in [3.63, 3.8) is 0 Å². The van der Waals surface area contributed by atoms with E-state index in [0.717, 1.165) is 30.0 Å². The number of ether oxygens (including phenoxy) is 2. The summed E-state index contributed by atoms with van der Waals surface area (Å²) in [5.41, 5.74) is 0.671. The van der Waals surface area contributed by atoms with Crippen LogP contribution in [0.5, 0.6) is 0 Å². The van der Waals surface area contributed by atoms with E-state index in [0.29, 0.717) is 30.8 Å². The quantitative estimate of drug-likeness (QED) is 0.348. The summed E-state index contributed by atoms with van der Waals surface area (Å²) in [4.78, 5) is 38.5. The molecule has 0 N–H and O–H groups in total. The van der Waals surface area contributed by atoms with Gasteiger partial charge in [-0.1, -0.05) is 30.7 Å². The van der Waals surface area contributed by atoms with Gasteiger partial charge in [-0.25, -0.2) is 0 Å². The van der Waals surface area contributed by atoms with Gasteiger partial charge in [0.25, 0.3) is 11.8 Å². The van der Waals surface area contributed by atoms with Gasteiger partial charge in [-0.15, -0.1) is 0 Å². The Balaban J connectivity index is 1.41. The standard InChI is InChI=1S/C24H29NO5/c1-24(2,3)30-20(26)13-5-4-6-15-29-16-14-25-22(27)18-11-7-9-17-10-8-12-19(21(17)18)23(25)28/h7-12H,4-6,13-16H2,1-3H3. The summed E-state index contributed by atoms with van der Waals surface area (Å²) in [6.07, 6.45) is 2.82. The van der Waals surface area contributed by atoms with E-state index in [2.05, 4.69) is 0 Å². The van der Waals surface area contributed by atoms with Gasteiger partial charge in [0.15, 0.2) is 0 Å².